The van der Waals surface area contributed by atoms with Gasteiger partial charge in [0.2, 0.25) is 0 Å². The van der Waals surface area contributed by atoms with Crippen LogP contribution in [0, 0.1) is 10.8 Å². The first kappa shape index (κ1) is 15.8. The van der Waals surface area contributed by atoms with E-state index >= 15 is 0 Å². The molecular weight excluding hydrogens is 236 g/mol. The van der Waals surface area contributed by atoms with Gasteiger partial charge in [-0.2, -0.15) is 0 Å². The molecule has 0 saturated heterocycles. The fraction of sp³-hybridized carbons (Fsp3) is 1.00. The highest BCUT2D eigenvalue weighted by molar-refractivity contribution is 4.92. The molecule has 0 aliphatic heterocycles. The molecule has 4 heteroatoms. The van der Waals surface area contributed by atoms with E-state index in [0.29, 0.717) is 30.0 Å². The fourth-order valence-corrected chi connectivity index (χ4v) is 3.50. The molecule has 0 atom stereocenters. The molecule has 0 aromatic rings. The van der Waals surface area contributed by atoms with E-state index in [0.717, 1.165) is 12.8 Å². The second-order valence-corrected chi connectivity index (χ2v) is 7.03. The Morgan fingerprint density at radius 3 is 2.22 bits per heavy atom. The van der Waals surface area contributed by atoms with E-state index in [4.69, 9.17) is 4.74 Å². The molecule has 0 aromatic carbocycles. The number of rotatable bonds is 6. The molecule has 1 fully saturated rings. The molecule has 0 radical (unpaired) electrons. The fourth-order valence-electron chi connectivity index (χ4n) is 3.50. The quantitative estimate of drug-likeness (QED) is 0.741. The highest BCUT2D eigenvalue weighted by Gasteiger charge is 2.37. The Morgan fingerprint density at radius 1 is 1.17 bits per heavy atom. The number of halogens is 2. The molecule has 0 aromatic heterocycles. The topological polar surface area (TPSA) is 21.3 Å². The first-order chi connectivity index (χ1) is 8.20. The van der Waals surface area contributed by atoms with Crippen molar-refractivity contribution in [2.45, 2.75) is 59.4 Å². The molecule has 0 spiro atoms. The Kier molecular flexibility index (Phi) is 5.53. The molecule has 0 bridgehead atoms. The monoisotopic (exact) mass is 263 g/mol. The summed E-state index contributed by atoms with van der Waals surface area (Å²) >= 11 is 0. The summed E-state index contributed by atoms with van der Waals surface area (Å²) in [5, 5.41) is 3.44. The smallest absolute Gasteiger partial charge is 0.261 e. The zero-order valence-corrected chi connectivity index (χ0v) is 12.1. The molecule has 1 aliphatic rings. The van der Waals surface area contributed by atoms with Crippen LogP contribution >= 0.6 is 0 Å². The van der Waals surface area contributed by atoms with Crippen LogP contribution in [-0.2, 0) is 4.74 Å². The van der Waals surface area contributed by atoms with Gasteiger partial charge >= 0.3 is 0 Å². The van der Waals surface area contributed by atoms with Gasteiger partial charge in [0.1, 0.15) is 6.61 Å². The van der Waals surface area contributed by atoms with E-state index in [9.17, 15) is 8.78 Å². The molecule has 108 valence electrons. The first-order valence-electron chi connectivity index (χ1n) is 6.79. The van der Waals surface area contributed by atoms with Crippen LogP contribution in [0.1, 0.15) is 47.0 Å². The molecule has 0 unspecified atom stereocenters. The van der Waals surface area contributed by atoms with E-state index in [2.05, 4.69) is 33.0 Å². The van der Waals surface area contributed by atoms with Crippen molar-refractivity contribution in [2.75, 3.05) is 19.8 Å². The van der Waals surface area contributed by atoms with Gasteiger partial charge in [-0.3, -0.25) is 0 Å². The van der Waals surface area contributed by atoms with Crippen LogP contribution in [0.25, 0.3) is 0 Å². The molecule has 1 aliphatic carbocycles. The van der Waals surface area contributed by atoms with Gasteiger partial charge in [-0.25, -0.2) is 8.78 Å². The molecule has 1 rings (SSSR count). The predicted molar refractivity (Wildman–Crippen MR) is 70.0 cm³/mol. The van der Waals surface area contributed by atoms with E-state index in [1.54, 1.807) is 0 Å². The Labute approximate surface area is 109 Å². The van der Waals surface area contributed by atoms with Crippen LogP contribution < -0.4 is 5.32 Å². The van der Waals surface area contributed by atoms with Crippen LogP contribution in [0.5, 0.6) is 0 Å². The van der Waals surface area contributed by atoms with E-state index in [-0.39, 0.29) is 0 Å². The van der Waals surface area contributed by atoms with E-state index in [1.165, 1.54) is 6.42 Å². The van der Waals surface area contributed by atoms with Crippen molar-refractivity contribution in [2.24, 2.45) is 10.8 Å². The number of nitrogens with one attached hydrogen (secondary N) is 1. The zero-order chi connectivity index (χ0) is 13.8. The largest absolute Gasteiger partial charge is 0.374 e. The molecule has 0 amide bonds. The van der Waals surface area contributed by atoms with Gasteiger partial charge in [0.05, 0.1) is 6.61 Å². The first-order valence-corrected chi connectivity index (χ1v) is 6.79. The van der Waals surface area contributed by atoms with Gasteiger partial charge in [0, 0.05) is 12.6 Å². The van der Waals surface area contributed by atoms with Gasteiger partial charge < -0.3 is 10.1 Å². The van der Waals surface area contributed by atoms with Crippen molar-refractivity contribution in [3.63, 3.8) is 0 Å². The highest BCUT2D eigenvalue weighted by atomic mass is 19.3. The molecule has 1 saturated carbocycles. The zero-order valence-electron chi connectivity index (χ0n) is 12.1. The summed E-state index contributed by atoms with van der Waals surface area (Å²) in [6.07, 6.45) is 1.16. The number of alkyl halides is 2. The summed E-state index contributed by atoms with van der Waals surface area (Å²) in [5.74, 6) is 0. The minimum Gasteiger partial charge on any atom is -0.374 e. The summed E-state index contributed by atoms with van der Waals surface area (Å²) < 4.78 is 28.6. The Bertz CT molecular complexity index is 238. The lowest BCUT2D eigenvalue weighted by Gasteiger charge is -2.45. The molecule has 18 heavy (non-hydrogen) atoms. The maximum atomic E-state index is 11.9. The summed E-state index contributed by atoms with van der Waals surface area (Å²) in [6.45, 7) is 9.77. The third-order valence-electron chi connectivity index (χ3n) is 3.48. The number of ether oxygens (including phenoxy) is 1. The van der Waals surface area contributed by atoms with Crippen molar-refractivity contribution in [1.82, 2.24) is 5.32 Å². The van der Waals surface area contributed by atoms with E-state index in [1.807, 2.05) is 0 Å². The third-order valence-corrected chi connectivity index (χ3v) is 3.48. The summed E-state index contributed by atoms with van der Waals surface area (Å²) in [7, 11) is 0. The lowest BCUT2D eigenvalue weighted by molar-refractivity contribution is 0.0157. The van der Waals surface area contributed by atoms with Crippen molar-refractivity contribution >= 4 is 0 Å². The Balaban J connectivity index is 2.25. The normalized spacial score (nSPS) is 23.5. The molecule has 0 heterocycles. The van der Waals surface area contributed by atoms with Crippen LogP contribution in [0.3, 0.4) is 0 Å². The maximum Gasteiger partial charge on any atom is 0.261 e. The molecule has 2 nitrogen and oxygen atoms in total. The molecular formula is C14H27F2NO. The van der Waals surface area contributed by atoms with Crippen molar-refractivity contribution in [1.29, 1.82) is 0 Å². The van der Waals surface area contributed by atoms with Gasteiger partial charge in [-0.1, -0.05) is 27.7 Å². The second kappa shape index (κ2) is 6.29. The minimum atomic E-state index is -2.36. The minimum absolute atomic E-state index is 0.350. The highest BCUT2D eigenvalue weighted by Crippen LogP contribution is 2.45. The van der Waals surface area contributed by atoms with Crippen molar-refractivity contribution in [3.05, 3.63) is 0 Å². The van der Waals surface area contributed by atoms with Crippen LogP contribution in [-0.4, -0.2) is 32.2 Å². The SMILES string of the molecule is CC1(C)CC(NCCOCC(F)F)CC(C)(C)C1. The average molecular weight is 263 g/mol. The average Bonchev–Trinajstić information content (AvgIpc) is 2.11. The summed E-state index contributed by atoms with van der Waals surface area (Å²) in [5.41, 5.74) is 0.701. The Morgan fingerprint density at radius 2 is 1.72 bits per heavy atom. The van der Waals surface area contributed by atoms with Crippen LogP contribution in [0.2, 0.25) is 0 Å². The van der Waals surface area contributed by atoms with Crippen molar-refractivity contribution in [3.8, 4) is 0 Å². The number of hydrogen-bond donors (Lipinski definition) is 1. The second-order valence-electron chi connectivity index (χ2n) is 7.03. The standard InChI is InChI=1S/C14H27F2NO/c1-13(2)7-11(8-14(3,4)10-13)17-5-6-18-9-12(15)16/h11-12,17H,5-10H2,1-4H3. The summed E-state index contributed by atoms with van der Waals surface area (Å²) in [6, 6.07) is 0.471. The van der Waals surface area contributed by atoms with E-state index < -0.39 is 13.0 Å². The molecule has 1 N–H and O–H groups in total. The van der Waals surface area contributed by atoms with Crippen LogP contribution in [0.4, 0.5) is 8.78 Å². The predicted octanol–water partition coefficient (Wildman–Crippen LogP) is 3.46. The lowest BCUT2D eigenvalue weighted by Crippen LogP contribution is -2.44. The van der Waals surface area contributed by atoms with Gasteiger partial charge in [-0.15, -0.1) is 0 Å². The lowest BCUT2D eigenvalue weighted by atomic mass is 9.63. The van der Waals surface area contributed by atoms with Gasteiger partial charge in [0.25, 0.3) is 6.43 Å². The Hall–Kier alpha value is -0.220. The van der Waals surface area contributed by atoms with Crippen molar-refractivity contribution < 1.29 is 13.5 Å². The summed E-state index contributed by atoms with van der Waals surface area (Å²) in [4.78, 5) is 0. The van der Waals surface area contributed by atoms with Gasteiger partial charge in [0.15, 0.2) is 0 Å². The number of hydrogen-bond acceptors (Lipinski definition) is 2. The van der Waals surface area contributed by atoms with Gasteiger partial charge in [-0.05, 0) is 30.1 Å². The van der Waals surface area contributed by atoms with Crippen LogP contribution in [0.15, 0.2) is 0 Å². The maximum absolute atomic E-state index is 11.9. The third kappa shape index (κ3) is 6.10.